The Labute approximate surface area is 634 Å². The van der Waals surface area contributed by atoms with E-state index in [1.54, 1.807) is 0 Å². The van der Waals surface area contributed by atoms with E-state index in [4.69, 9.17) is 48.5 Å². The first-order valence-corrected chi connectivity index (χ1v) is 38.8. The van der Waals surface area contributed by atoms with E-state index in [1.165, 1.54) is 0 Å². The Morgan fingerprint density at radius 2 is 0.443 bits per heavy atom. The van der Waals surface area contributed by atoms with Gasteiger partial charge in [-0.05, 0) is 155 Å². The van der Waals surface area contributed by atoms with Crippen molar-refractivity contribution in [2.45, 2.75) is 236 Å². The second-order valence-electron chi connectivity index (χ2n) is 29.1. The van der Waals surface area contributed by atoms with Gasteiger partial charge in [0.25, 0.3) is 0 Å². The molecule has 2 radical (unpaired) electrons. The van der Waals surface area contributed by atoms with Crippen molar-refractivity contribution in [3.05, 3.63) is 174 Å². The molecule has 0 unspecified atom stereocenters. The van der Waals surface area contributed by atoms with Crippen LogP contribution in [0.15, 0.2) is 97.1 Å². The van der Waals surface area contributed by atoms with Crippen LogP contribution in [0.5, 0.6) is 46.0 Å². The first-order chi connectivity index (χ1) is 51.1. The van der Waals surface area contributed by atoms with Crippen LogP contribution in [0.3, 0.4) is 0 Å². The molecular weight excluding hydrogens is 1320 g/mol. The van der Waals surface area contributed by atoms with Crippen molar-refractivity contribution in [2.24, 2.45) is 0 Å². The molecule has 0 fully saturated rings. The van der Waals surface area contributed by atoms with Gasteiger partial charge < -0.3 is 48.3 Å². The normalized spacial score (nSPS) is 14.1. The highest BCUT2D eigenvalue weighted by Gasteiger charge is 2.56. The topological polar surface area (TPSA) is 154 Å². The highest BCUT2D eigenvalue weighted by Crippen LogP contribution is 2.38. The van der Waals surface area contributed by atoms with E-state index in [2.05, 4.69) is 115 Å². The molecular formula is C92H112N4O10. The molecule has 0 bridgehead atoms. The van der Waals surface area contributed by atoms with Gasteiger partial charge in [-0.2, -0.15) is 0 Å². The van der Waals surface area contributed by atoms with Crippen molar-refractivity contribution in [2.75, 3.05) is 52.9 Å². The van der Waals surface area contributed by atoms with Gasteiger partial charge in [-0.15, -0.1) is 0 Å². The number of hydrogen-bond acceptors (Lipinski definition) is 10. The monoisotopic (exact) mass is 1430 g/mol. The van der Waals surface area contributed by atoms with Gasteiger partial charge in [0.2, 0.25) is 0 Å². The van der Waals surface area contributed by atoms with E-state index < -0.39 is 22.2 Å². The molecule has 0 saturated carbocycles. The maximum atomic E-state index is 13.4. The first-order valence-electron chi connectivity index (χ1n) is 38.8. The minimum Gasteiger partial charge on any atom is -0.714 e. The summed E-state index contributed by atoms with van der Waals surface area (Å²) in [7, 11) is 0. The fourth-order valence-corrected chi connectivity index (χ4v) is 11.0. The first kappa shape index (κ1) is 81.7. The maximum absolute atomic E-state index is 13.4. The van der Waals surface area contributed by atoms with Crippen molar-refractivity contribution in [1.82, 2.24) is 10.6 Å². The van der Waals surface area contributed by atoms with E-state index in [1.807, 2.05) is 152 Å². The molecule has 2 aliphatic heterocycles. The van der Waals surface area contributed by atoms with Crippen molar-refractivity contribution in [3.63, 3.8) is 0 Å². The molecule has 0 aliphatic carbocycles. The molecule has 14 nitrogen and oxygen atoms in total. The Morgan fingerprint density at radius 1 is 0.274 bits per heavy atom. The smallest absolute Gasteiger partial charge is 0.324 e. The summed E-state index contributed by atoms with van der Waals surface area (Å²) in [5.41, 5.74) is 5.71. The van der Waals surface area contributed by atoms with Crippen LogP contribution in [0, 0.1) is 69.6 Å². The highest BCUT2D eigenvalue weighted by molar-refractivity contribution is 5.97. The van der Waals surface area contributed by atoms with Crippen LogP contribution in [0.2, 0.25) is 0 Å². The minimum atomic E-state index is -0.689. The quantitative estimate of drug-likeness (QED) is 0.0165. The standard InChI is InChI=1S/C92H112N4O10/c1-17-25-51-99-79-61-73(81(101-53-27-19-3)59-71(79)43-37-67-33-39-69(40-34-67)87-93-89(9,10)91(13,14)95(87)97)45-47-75-63-85(105-57-31-23-7)77(65-83(75)103-55-29-21-5)49-50-78-66-84(104-56-30-22-6)76(64-86(78)106-58-32-24-8)48-46-74-62-80(100-52-26-18-2)72(60-82(74)102-54-28-20-4)44-38-68-35-41-70(42-36-68)88-94-90(11,12)92(15,16)96(88)98/h33-36,39-42,59-66H,17-32,51-58H2,1-16H3. The highest BCUT2D eigenvalue weighted by atomic mass is 16.5. The van der Waals surface area contributed by atoms with Gasteiger partial charge in [-0.1, -0.05) is 177 Å². The molecule has 14 heteroatoms. The summed E-state index contributed by atoms with van der Waals surface area (Å²) >= 11 is 0. The van der Waals surface area contributed by atoms with Gasteiger partial charge >= 0.3 is 11.7 Å². The Balaban J connectivity index is 1.20. The number of amidine groups is 2. The lowest BCUT2D eigenvalue weighted by Gasteiger charge is -2.30. The van der Waals surface area contributed by atoms with E-state index >= 15 is 0 Å². The Bertz CT molecular complexity index is 4090. The second-order valence-corrected chi connectivity index (χ2v) is 29.1. The summed E-state index contributed by atoms with van der Waals surface area (Å²) in [6, 6.07) is 30.8. The number of rotatable bonds is 34. The number of ether oxygens (including phenoxy) is 8. The van der Waals surface area contributed by atoms with Gasteiger partial charge in [-0.3, -0.25) is 9.48 Å². The molecule has 6 aromatic carbocycles. The Kier molecular flexibility index (Phi) is 30.4. The van der Waals surface area contributed by atoms with Crippen LogP contribution in [-0.2, 0) is 0 Å². The third-order valence-electron chi connectivity index (χ3n) is 19.5. The summed E-state index contributed by atoms with van der Waals surface area (Å²) in [5.74, 6) is 40.0. The van der Waals surface area contributed by atoms with Crippen molar-refractivity contribution in [1.29, 1.82) is 0 Å². The Hall–Kier alpha value is -9.94. The van der Waals surface area contributed by atoms with Crippen LogP contribution in [-0.4, -0.2) is 96.2 Å². The number of nitrogens with zero attached hydrogens (tertiary/aromatic N) is 4. The molecule has 0 saturated heterocycles. The predicted octanol–water partition coefficient (Wildman–Crippen LogP) is 19.0. The van der Waals surface area contributed by atoms with Crippen LogP contribution in [0.1, 0.15) is 280 Å². The fraction of sp³-hybridized carbons (Fsp3) is 0.478. The van der Waals surface area contributed by atoms with Crippen LogP contribution < -0.4 is 48.5 Å². The molecule has 0 spiro atoms. The summed E-state index contributed by atoms with van der Waals surface area (Å²) in [6.45, 7) is 36.6. The third-order valence-corrected chi connectivity index (χ3v) is 19.5. The number of hydroxylamine groups is 2. The second kappa shape index (κ2) is 39.4. The molecule has 2 aliphatic rings. The maximum Gasteiger partial charge on any atom is 0.324 e. The van der Waals surface area contributed by atoms with E-state index in [0.29, 0.717) is 155 Å². The largest absolute Gasteiger partial charge is 0.714 e. The average molecular weight is 1430 g/mol. The zero-order valence-corrected chi connectivity index (χ0v) is 66.1. The summed E-state index contributed by atoms with van der Waals surface area (Å²) in [4.78, 5) is 0. The molecule has 0 amide bonds. The van der Waals surface area contributed by atoms with Gasteiger partial charge in [0.1, 0.15) is 57.1 Å². The van der Waals surface area contributed by atoms with Crippen LogP contribution in [0.4, 0.5) is 0 Å². The molecule has 0 aromatic heterocycles. The van der Waals surface area contributed by atoms with Gasteiger partial charge in [0.15, 0.2) is 11.1 Å². The molecule has 8 rings (SSSR count). The summed E-state index contributed by atoms with van der Waals surface area (Å²) < 4.78 is 54.8. The average Bonchev–Trinajstić information content (AvgIpc) is 1.60. The fourth-order valence-electron chi connectivity index (χ4n) is 11.0. The third kappa shape index (κ3) is 21.4. The van der Waals surface area contributed by atoms with Crippen molar-refractivity contribution < 1.29 is 47.4 Å². The molecule has 0 atom stereocenters. The van der Waals surface area contributed by atoms with Crippen molar-refractivity contribution >= 4 is 11.7 Å². The zero-order valence-electron chi connectivity index (χ0n) is 66.1. The predicted molar refractivity (Wildman–Crippen MR) is 428 cm³/mol. The number of unbranched alkanes of at least 4 members (excludes halogenated alkanes) is 8. The number of hydrogen-bond donors (Lipinski definition) is 0. The lowest BCUT2D eigenvalue weighted by atomic mass is 9.84. The molecule has 106 heavy (non-hydrogen) atoms. The van der Waals surface area contributed by atoms with Gasteiger partial charge in [-0.25, -0.2) is 0 Å². The van der Waals surface area contributed by atoms with Crippen molar-refractivity contribution in [3.8, 4) is 105 Å². The lowest BCUT2D eigenvalue weighted by molar-refractivity contribution is -0.539. The number of benzene rings is 6. The minimum absolute atomic E-state index is 0.419. The SMILES string of the molecule is CCCCOc1cc(C#Cc2cc(OCCCC)c(C#Cc3cc(OCCCC)c(C#Cc4cc(OCCCC)c(C#Cc5ccc(C6=[N+]([O-])C(C)(C)C(C)(C)[N]6)cc5)cc4OCCCC)cc3OCCCC)cc2OCCCC)c(OCCCC)cc1C#Cc1ccc(C2=[N+]([O-])C(C)(C)C(C)(C)[N]2)cc1. The molecule has 6 aromatic rings. The molecule has 2 heterocycles. The van der Waals surface area contributed by atoms with E-state index in [-0.39, 0.29) is 0 Å². The van der Waals surface area contributed by atoms with Gasteiger partial charge in [0.05, 0.1) is 108 Å². The lowest BCUT2D eigenvalue weighted by Crippen LogP contribution is -2.50. The van der Waals surface area contributed by atoms with Crippen LogP contribution >= 0.6 is 0 Å². The molecule has 560 valence electrons. The summed E-state index contributed by atoms with van der Waals surface area (Å²) in [5, 5.41) is 36.5. The van der Waals surface area contributed by atoms with E-state index in [9.17, 15) is 10.4 Å². The van der Waals surface area contributed by atoms with Gasteiger partial charge in [0, 0.05) is 59.7 Å². The van der Waals surface area contributed by atoms with E-state index in [0.717, 1.165) is 134 Å². The van der Waals surface area contributed by atoms with Crippen LogP contribution in [0.25, 0.3) is 0 Å². The molecule has 0 N–H and O–H groups in total. The Morgan fingerprint density at radius 3 is 0.594 bits per heavy atom. The zero-order chi connectivity index (χ0) is 76.3. The summed E-state index contributed by atoms with van der Waals surface area (Å²) in [6.07, 6.45) is 14.3.